The van der Waals surface area contributed by atoms with E-state index in [1.807, 2.05) is 13.8 Å². The van der Waals surface area contributed by atoms with E-state index in [2.05, 4.69) is 42.9 Å². The summed E-state index contributed by atoms with van der Waals surface area (Å²) in [5.41, 5.74) is 0.984. The summed E-state index contributed by atoms with van der Waals surface area (Å²) in [5.74, 6) is 1.70. The van der Waals surface area contributed by atoms with Crippen molar-refractivity contribution in [1.82, 2.24) is 15.2 Å². The monoisotopic (exact) mass is 253 g/mol. The van der Waals surface area contributed by atoms with Crippen LogP contribution in [0.3, 0.4) is 0 Å². The van der Waals surface area contributed by atoms with E-state index in [9.17, 15) is 0 Å². The highest BCUT2D eigenvalue weighted by Crippen LogP contribution is 2.08. The molecule has 0 aliphatic carbocycles. The molecule has 1 N–H and O–H groups in total. The van der Waals surface area contributed by atoms with Gasteiger partial charge in [0.1, 0.15) is 5.76 Å². The lowest BCUT2D eigenvalue weighted by atomic mass is 10.2. The summed E-state index contributed by atoms with van der Waals surface area (Å²) in [5, 5.41) is 3.38. The molecule has 1 heterocycles. The van der Waals surface area contributed by atoms with E-state index in [-0.39, 0.29) is 0 Å². The van der Waals surface area contributed by atoms with Crippen molar-refractivity contribution < 1.29 is 4.42 Å². The lowest BCUT2D eigenvalue weighted by molar-refractivity contribution is 0.175. The van der Waals surface area contributed by atoms with Crippen LogP contribution in [0.15, 0.2) is 4.42 Å². The van der Waals surface area contributed by atoms with Crippen LogP contribution in [0.2, 0.25) is 0 Å². The largest absolute Gasteiger partial charge is 0.444 e. The van der Waals surface area contributed by atoms with Gasteiger partial charge in [-0.2, -0.15) is 0 Å². The van der Waals surface area contributed by atoms with Crippen LogP contribution in [0.4, 0.5) is 0 Å². The molecule has 0 radical (unpaired) electrons. The van der Waals surface area contributed by atoms with E-state index >= 15 is 0 Å². The van der Waals surface area contributed by atoms with E-state index in [1.165, 1.54) is 0 Å². The molecule has 1 aromatic heterocycles. The van der Waals surface area contributed by atoms with E-state index in [0.717, 1.165) is 30.4 Å². The molecule has 0 amide bonds. The zero-order valence-electron chi connectivity index (χ0n) is 12.6. The van der Waals surface area contributed by atoms with Gasteiger partial charge in [-0.25, -0.2) is 4.98 Å². The minimum atomic E-state index is 0.582. The number of hydrogen-bond acceptors (Lipinski definition) is 4. The van der Waals surface area contributed by atoms with Gasteiger partial charge in [-0.05, 0) is 41.5 Å². The van der Waals surface area contributed by atoms with Gasteiger partial charge in [0.25, 0.3) is 0 Å². The quantitative estimate of drug-likeness (QED) is 0.758. The molecule has 0 saturated heterocycles. The molecule has 0 aliphatic heterocycles. The van der Waals surface area contributed by atoms with Gasteiger partial charge in [-0.15, -0.1) is 0 Å². The highest BCUT2D eigenvalue weighted by Gasteiger charge is 2.12. The Bertz CT molecular complexity index is 330. The summed E-state index contributed by atoms with van der Waals surface area (Å²) in [4.78, 5) is 6.83. The average molecular weight is 253 g/mol. The minimum absolute atomic E-state index is 0.582. The van der Waals surface area contributed by atoms with E-state index < -0.39 is 0 Å². The highest BCUT2D eigenvalue weighted by atomic mass is 16.4. The Balaban J connectivity index is 2.29. The Morgan fingerprint density at radius 1 is 1.17 bits per heavy atom. The maximum Gasteiger partial charge on any atom is 0.208 e. The molecule has 0 saturated carbocycles. The predicted octanol–water partition coefficient (Wildman–Crippen LogP) is 2.50. The molecule has 104 valence electrons. The second-order valence-corrected chi connectivity index (χ2v) is 5.35. The van der Waals surface area contributed by atoms with Crippen molar-refractivity contribution in [3.05, 3.63) is 17.3 Å². The van der Waals surface area contributed by atoms with Crippen molar-refractivity contribution in [3.8, 4) is 0 Å². The van der Waals surface area contributed by atoms with Crippen molar-refractivity contribution in [1.29, 1.82) is 0 Å². The first-order valence-electron chi connectivity index (χ1n) is 6.81. The number of aryl methyl sites for hydroxylation is 2. The third kappa shape index (κ3) is 4.42. The van der Waals surface area contributed by atoms with E-state index in [1.54, 1.807) is 0 Å². The average Bonchev–Trinajstić information content (AvgIpc) is 2.57. The topological polar surface area (TPSA) is 41.3 Å². The smallest absolute Gasteiger partial charge is 0.208 e. The molecular weight excluding hydrogens is 226 g/mol. The summed E-state index contributed by atoms with van der Waals surface area (Å²) in [6.07, 6.45) is 0. The third-order valence-corrected chi connectivity index (χ3v) is 3.22. The Hall–Kier alpha value is -0.870. The lowest BCUT2D eigenvalue weighted by Crippen LogP contribution is -2.41. The van der Waals surface area contributed by atoms with Crippen LogP contribution in [0.1, 0.15) is 45.0 Å². The van der Waals surface area contributed by atoms with Crippen LogP contribution in [0.5, 0.6) is 0 Å². The van der Waals surface area contributed by atoms with Gasteiger partial charge in [-0.3, -0.25) is 4.90 Å². The first-order chi connectivity index (χ1) is 8.41. The molecule has 0 spiro atoms. The second kappa shape index (κ2) is 6.90. The SMILES string of the molecule is Cc1nc(CNCCN(C(C)C)C(C)C)oc1C. The maximum atomic E-state index is 5.53. The van der Waals surface area contributed by atoms with E-state index in [4.69, 9.17) is 4.42 Å². The zero-order valence-corrected chi connectivity index (χ0v) is 12.6. The highest BCUT2D eigenvalue weighted by molar-refractivity contribution is 5.05. The summed E-state index contributed by atoms with van der Waals surface area (Å²) in [7, 11) is 0. The fraction of sp³-hybridized carbons (Fsp3) is 0.786. The molecule has 0 bridgehead atoms. The molecule has 1 rings (SSSR count). The second-order valence-electron chi connectivity index (χ2n) is 5.35. The number of nitrogens with one attached hydrogen (secondary N) is 1. The van der Waals surface area contributed by atoms with Crippen LogP contribution >= 0.6 is 0 Å². The van der Waals surface area contributed by atoms with Crippen molar-refractivity contribution in [2.45, 2.75) is 60.2 Å². The molecule has 0 aliphatic rings. The lowest BCUT2D eigenvalue weighted by Gasteiger charge is -2.30. The number of nitrogens with zero attached hydrogens (tertiary/aromatic N) is 2. The fourth-order valence-electron chi connectivity index (χ4n) is 2.13. The minimum Gasteiger partial charge on any atom is -0.444 e. The van der Waals surface area contributed by atoms with E-state index in [0.29, 0.717) is 18.6 Å². The normalized spacial score (nSPS) is 12.1. The van der Waals surface area contributed by atoms with Crippen molar-refractivity contribution >= 4 is 0 Å². The summed E-state index contributed by atoms with van der Waals surface area (Å²) in [6.45, 7) is 15.6. The molecule has 0 aromatic carbocycles. The van der Waals surface area contributed by atoms with Crippen LogP contribution < -0.4 is 5.32 Å². The molecule has 1 aromatic rings. The molecule has 4 heteroatoms. The van der Waals surface area contributed by atoms with Gasteiger partial charge >= 0.3 is 0 Å². The summed E-state index contributed by atoms with van der Waals surface area (Å²) in [6, 6.07) is 1.16. The van der Waals surface area contributed by atoms with Crippen LogP contribution in [0.25, 0.3) is 0 Å². The Morgan fingerprint density at radius 2 is 1.78 bits per heavy atom. The zero-order chi connectivity index (χ0) is 13.7. The van der Waals surface area contributed by atoms with Gasteiger partial charge < -0.3 is 9.73 Å². The number of oxazole rings is 1. The maximum absolute atomic E-state index is 5.53. The number of aromatic nitrogens is 1. The first kappa shape index (κ1) is 15.2. The third-order valence-electron chi connectivity index (χ3n) is 3.22. The molecule has 4 nitrogen and oxygen atoms in total. The van der Waals surface area contributed by atoms with Crippen LogP contribution in [0, 0.1) is 13.8 Å². The van der Waals surface area contributed by atoms with Gasteiger partial charge in [0.2, 0.25) is 5.89 Å². The molecular formula is C14H27N3O. The van der Waals surface area contributed by atoms with Crippen molar-refractivity contribution in [2.24, 2.45) is 0 Å². The van der Waals surface area contributed by atoms with Crippen LogP contribution in [-0.2, 0) is 6.54 Å². The van der Waals surface area contributed by atoms with Crippen molar-refractivity contribution in [3.63, 3.8) is 0 Å². The molecule has 0 unspecified atom stereocenters. The summed E-state index contributed by atoms with van der Waals surface area (Å²) < 4.78 is 5.53. The Kier molecular flexibility index (Phi) is 5.82. The van der Waals surface area contributed by atoms with Gasteiger partial charge in [0.15, 0.2) is 0 Å². The molecule has 18 heavy (non-hydrogen) atoms. The van der Waals surface area contributed by atoms with Crippen molar-refractivity contribution in [2.75, 3.05) is 13.1 Å². The van der Waals surface area contributed by atoms with Gasteiger partial charge in [-0.1, -0.05) is 0 Å². The predicted molar refractivity (Wildman–Crippen MR) is 74.7 cm³/mol. The van der Waals surface area contributed by atoms with Crippen LogP contribution in [-0.4, -0.2) is 35.1 Å². The Labute approximate surface area is 111 Å². The molecule has 0 atom stereocenters. The number of rotatable bonds is 7. The fourth-order valence-corrected chi connectivity index (χ4v) is 2.13. The first-order valence-corrected chi connectivity index (χ1v) is 6.81. The van der Waals surface area contributed by atoms with Gasteiger partial charge in [0.05, 0.1) is 12.2 Å². The number of hydrogen-bond donors (Lipinski definition) is 1. The summed E-state index contributed by atoms with van der Waals surface area (Å²) >= 11 is 0. The standard InChI is InChI=1S/C14H27N3O/c1-10(2)17(11(3)4)8-7-15-9-14-16-12(5)13(6)18-14/h10-11,15H,7-9H2,1-6H3. The Morgan fingerprint density at radius 3 is 2.22 bits per heavy atom. The molecule has 0 fully saturated rings. The van der Waals surface area contributed by atoms with Gasteiger partial charge in [0, 0.05) is 25.2 Å².